The summed E-state index contributed by atoms with van der Waals surface area (Å²) in [5, 5.41) is 14.9. The van der Waals surface area contributed by atoms with Crippen molar-refractivity contribution in [1.29, 1.82) is 0 Å². The maximum atomic E-state index is 12.8. The van der Waals surface area contributed by atoms with Gasteiger partial charge in [0.1, 0.15) is 12.6 Å². The zero-order valence-electron chi connectivity index (χ0n) is 19.7. The molecule has 0 radical (unpaired) electrons. The Balaban J connectivity index is 1.36. The van der Waals surface area contributed by atoms with Crippen LogP contribution in [0.3, 0.4) is 0 Å². The van der Waals surface area contributed by atoms with E-state index < -0.39 is 29.9 Å². The molecule has 2 unspecified atom stereocenters. The minimum absolute atomic E-state index is 0.0514. The Hall–Kier alpha value is -3.61. The number of amides is 2. The van der Waals surface area contributed by atoms with Gasteiger partial charge in [-0.3, -0.25) is 9.59 Å². The minimum atomic E-state index is -0.901. The molecule has 2 atom stereocenters. The Morgan fingerprint density at radius 1 is 1.06 bits per heavy atom. The van der Waals surface area contributed by atoms with Gasteiger partial charge in [0, 0.05) is 12.5 Å². The van der Waals surface area contributed by atoms with Gasteiger partial charge in [0.2, 0.25) is 5.91 Å². The third kappa shape index (κ3) is 5.56. The molecule has 0 aromatic heterocycles. The Bertz CT molecular complexity index is 1050. The molecule has 3 N–H and O–H groups in total. The molecular formula is C28H32N2O5. The SMILES string of the molecule is C=CCCC(NC(=O)OCC1c2ccccc2-c2ccccc21)C(=O)NCC(C(=O)O)C1CCC1. The zero-order valence-corrected chi connectivity index (χ0v) is 19.7. The van der Waals surface area contributed by atoms with Crippen LogP contribution in [-0.4, -0.2) is 42.3 Å². The third-order valence-corrected chi connectivity index (χ3v) is 7.14. The van der Waals surface area contributed by atoms with Crippen LogP contribution in [0.25, 0.3) is 11.1 Å². The highest BCUT2D eigenvalue weighted by atomic mass is 16.5. The Morgan fingerprint density at radius 2 is 1.69 bits per heavy atom. The molecule has 0 heterocycles. The number of carboxylic acid groups (broad SMARTS) is 1. The number of allylic oxidation sites excluding steroid dienone is 1. The fourth-order valence-corrected chi connectivity index (χ4v) is 4.97. The first-order valence-electron chi connectivity index (χ1n) is 12.2. The molecule has 4 rings (SSSR count). The van der Waals surface area contributed by atoms with E-state index in [4.69, 9.17) is 4.74 Å². The predicted molar refractivity (Wildman–Crippen MR) is 133 cm³/mol. The Kier molecular flexibility index (Phi) is 7.85. The lowest BCUT2D eigenvalue weighted by molar-refractivity contribution is -0.144. The summed E-state index contributed by atoms with van der Waals surface area (Å²) in [6.45, 7) is 3.89. The van der Waals surface area contributed by atoms with Crippen LogP contribution < -0.4 is 10.6 Å². The summed E-state index contributed by atoms with van der Waals surface area (Å²) in [6.07, 6.45) is 4.62. The molecule has 0 saturated heterocycles. The van der Waals surface area contributed by atoms with E-state index in [1.165, 1.54) is 0 Å². The van der Waals surface area contributed by atoms with Crippen molar-refractivity contribution in [3.63, 3.8) is 0 Å². The normalized spacial score (nSPS) is 16.2. The van der Waals surface area contributed by atoms with Gasteiger partial charge in [0.05, 0.1) is 5.92 Å². The number of hydrogen-bond donors (Lipinski definition) is 3. The van der Waals surface area contributed by atoms with E-state index in [9.17, 15) is 19.5 Å². The minimum Gasteiger partial charge on any atom is -0.481 e. The molecule has 184 valence electrons. The van der Waals surface area contributed by atoms with E-state index in [0.29, 0.717) is 12.8 Å². The van der Waals surface area contributed by atoms with Gasteiger partial charge in [0.25, 0.3) is 0 Å². The summed E-state index contributed by atoms with van der Waals surface area (Å²) in [5.41, 5.74) is 4.50. The molecule has 7 nitrogen and oxygen atoms in total. The average molecular weight is 477 g/mol. The van der Waals surface area contributed by atoms with Gasteiger partial charge in [-0.15, -0.1) is 6.58 Å². The van der Waals surface area contributed by atoms with Crippen LogP contribution in [0.5, 0.6) is 0 Å². The van der Waals surface area contributed by atoms with Crippen molar-refractivity contribution in [2.45, 2.75) is 44.1 Å². The first kappa shape index (κ1) is 24.5. The smallest absolute Gasteiger partial charge is 0.407 e. The first-order chi connectivity index (χ1) is 17.0. The summed E-state index contributed by atoms with van der Waals surface area (Å²) < 4.78 is 5.58. The summed E-state index contributed by atoms with van der Waals surface area (Å²) in [6, 6.07) is 15.3. The number of aliphatic carboxylic acids is 1. The van der Waals surface area contributed by atoms with Crippen molar-refractivity contribution in [3.8, 4) is 11.1 Å². The van der Waals surface area contributed by atoms with Crippen LogP contribution in [0.1, 0.15) is 49.1 Å². The van der Waals surface area contributed by atoms with Crippen molar-refractivity contribution in [2.75, 3.05) is 13.2 Å². The summed E-state index contributed by atoms with van der Waals surface area (Å²) in [7, 11) is 0. The molecule has 2 aliphatic carbocycles. The van der Waals surface area contributed by atoms with Crippen LogP contribution in [0.15, 0.2) is 61.2 Å². The zero-order chi connectivity index (χ0) is 24.8. The summed E-state index contributed by atoms with van der Waals surface area (Å²) >= 11 is 0. The van der Waals surface area contributed by atoms with Gasteiger partial charge >= 0.3 is 12.1 Å². The first-order valence-corrected chi connectivity index (χ1v) is 12.2. The molecule has 1 fully saturated rings. The van der Waals surface area contributed by atoms with Crippen LogP contribution in [-0.2, 0) is 14.3 Å². The molecule has 35 heavy (non-hydrogen) atoms. The predicted octanol–water partition coefficient (Wildman–Crippen LogP) is 4.48. The molecule has 2 aromatic carbocycles. The number of rotatable bonds is 11. The van der Waals surface area contributed by atoms with Gasteiger partial charge in [-0.2, -0.15) is 0 Å². The van der Waals surface area contributed by atoms with Crippen LogP contribution in [0.2, 0.25) is 0 Å². The molecule has 2 amide bonds. The van der Waals surface area contributed by atoms with E-state index >= 15 is 0 Å². The maximum absolute atomic E-state index is 12.8. The highest BCUT2D eigenvalue weighted by molar-refractivity contribution is 5.86. The third-order valence-electron chi connectivity index (χ3n) is 7.14. The van der Waals surface area contributed by atoms with Crippen molar-refractivity contribution in [1.82, 2.24) is 10.6 Å². The van der Waals surface area contributed by atoms with Crippen LogP contribution >= 0.6 is 0 Å². The number of nitrogens with one attached hydrogen (secondary N) is 2. The second-order valence-corrected chi connectivity index (χ2v) is 9.27. The molecular weight excluding hydrogens is 444 g/mol. The molecule has 7 heteroatoms. The van der Waals surface area contributed by atoms with Gasteiger partial charge in [-0.1, -0.05) is 61.0 Å². The fraction of sp³-hybridized carbons (Fsp3) is 0.393. The van der Waals surface area contributed by atoms with E-state index in [0.717, 1.165) is 41.5 Å². The van der Waals surface area contributed by atoms with Crippen LogP contribution in [0.4, 0.5) is 4.79 Å². The molecule has 2 aliphatic rings. The van der Waals surface area contributed by atoms with Gasteiger partial charge < -0.3 is 20.5 Å². The fourth-order valence-electron chi connectivity index (χ4n) is 4.97. The molecule has 1 saturated carbocycles. The lowest BCUT2D eigenvalue weighted by Gasteiger charge is -2.31. The number of benzene rings is 2. The number of carbonyl (C=O) groups excluding carboxylic acids is 2. The van der Waals surface area contributed by atoms with Crippen molar-refractivity contribution < 1.29 is 24.2 Å². The second kappa shape index (κ2) is 11.2. The molecule has 0 aliphatic heterocycles. The summed E-state index contributed by atoms with van der Waals surface area (Å²) in [4.78, 5) is 37.1. The average Bonchev–Trinajstić information content (AvgIpc) is 3.15. The highest BCUT2D eigenvalue weighted by Crippen LogP contribution is 2.44. The van der Waals surface area contributed by atoms with Gasteiger partial charge in [0.15, 0.2) is 0 Å². The van der Waals surface area contributed by atoms with E-state index in [1.54, 1.807) is 6.08 Å². The Morgan fingerprint density at radius 3 is 2.23 bits per heavy atom. The molecule has 0 spiro atoms. The number of carbonyl (C=O) groups is 3. The topological polar surface area (TPSA) is 105 Å². The number of alkyl carbamates (subject to hydrolysis) is 1. The van der Waals surface area contributed by atoms with Crippen molar-refractivity contribution in [2.24, 2.45) is 11.8 Å². The second-order valence-electron chi connectivity index (χ2n) is 9.27. The molecule has 0 bridgehead atoms. The maximum Gasteiger partial charge on any atom is 0.407 e. The van der Waals surface area contributed by atoms with Crippen molar-refractivity contribution in [3.05, 3.63) is 72.3 Å². The summed E-state index contributed by atoms with van der Waals surface area (Å²) in [5.74, 6) is -1.91. The number of carboxylic acids is 1. The quantitative estimate of drug-likeness (QED) is 0.415. The monoisotopic (exact) mass is 476 g/mol. The number of ether oxygens (including phenoxy) is 1. The Labute approximate surface area is 205 Å². The lowest BCUT2D eigenvalue weighted by Crippen LogP contribution is -2.49. The highest BCUT2D eigenvalue weighted by Gasteiger charge is 2.34. The van der Waals surface area contributed by atoms with E-state index in [-0.39, 0.29) is 25.0 Å². The molecule has 2 aromatic rings. The van der Waals surface area contributed by atoms with Crippen LogP contribution in [0, 0.1) is 11.8 Å². The van der Waals surface area contributed by atoms with Gasteiger partial charge in [-0.05, 0) is 53.9 Å². The largest absolute Gasteiger partial charge is 0.481 e. The van der Waals surface area contributed by atoms with E-state index in [1.807, 2.05) is 36.4 Å². The van der Waals surface area contributed by atoms with Gasteiger partial charge in [-0.25, -0.2) is 4.79 Å². The standard InChI is InChI=1S/C28H32N2O5/c1-2-3-15-25(26(31)29-16-23(27(32)33)18-9-8-10-18)30-28(34)35-17-24-21-13-6-4-11-19(21)20-12-5-7-14-22(20)24/h2,4-7,11-14,18,23-25H,1,3,8-10,15-17H2,(H,29,31)(H,30,34)(H,32,33). The number of hydrogen-bond acceptors (Lipinski definition) is 4. The van der Waals surface area contributed by atoms with E-state index in [2.05, 4.69) is 29.3 Å². The lowest BCUT2D eigenvalue weighted by atomic mass is 9.76. The van der Waals surface area contributed by atoms with Crippen molar-refractivity contribution >= 4 is 18.0 Å². The number of fused-ring (bicyclic) bond motifs is 3.